The van der Waals surface area contributed by atoms with Gasteiger partial charge in [-0.15, -0.1) is 5.10 Å². The molecule has 1 aliphatic rings. The largest absolute Gasteiger partial charge is 0.493 e. The van der Waals surface area contributed by atoms with Crippen LogP contribution in [0.3, 0.4) is 0 Å². The molecule has 0 aliphatic carbocycles. The van der Waals surface area contributed by atoms with E-state index >= 15 is 0 Å². The van der Waals surface area contributed by atoms with Crippen molar-refractivity contribution in [1.82, 2.24) is 15.0 Å². The van der Waals surface area contributed by atoms with Gasteiger partial charge in [-0.25, -0.2) is 0 Å². The number of carbonyl (C=O) groups is 3. The highest BCUT2D eigenvalue weighted by atomic mass is 16.6. The second-order valence-electron chi connectivity index (χ2n) is 9.39. The van der Waals surface area contributed by atoms with Crippen LogP contribution >= 0.6 is 0 Å². The van der Waals surface area contributed by atoms with Crippen molar-refractivity contribution < 1.29 is 28.8 Å². The number of amides is 1. The van der Waals surface area contributed by atoms with Crippen molar-refractivity contribution >= 4 is 41.0 Å². The highest BCUT2D eigenvalue weighted by molar-refractivity contribution is 6.52. The summed E-state index contributed by atoms with van der Waals surface area (Å²) in [6.45, 7) is 0.720. The van der Waals surface area contributed by atoms with Gasteiger partial charge in [0.15, 0.2) is 17.3 Å². The molecule has 0 saturated carbocycles. The predicted octanol–water partition coefficient (Wildman–Crippen LogP) is 4.30. The van der Waals surface area contributed by atoms with Gasteiger partial charge in [-0.05, 0) is 59.7 Å². The summed E-state index contributed by atoms with van der Waals surface area (Å²) >= 11 is 0. The molecule has 1 aromatic heterocycles. The fourth-order valence-electron chi connectivity index (χ4n) is 4.36. The van der Waals surface area contributed by atoms with Crippen molar-refractivity contribution in [3.05, 3.63) is 118 Å². The topological polar surface area (TPSA) is 147 Å². The highest BCUT2D eigenvalue weighted by Gasteiger charge is 2.35. The maximum absolute atomic E-state index is 12.4. The Morgan fingerprint density at radius 2 is 1.67 bits per heavy atom. The zero-order valence-electron chi connectivity index (χ0n) is 23.0. The van der Waals surface area contributed by atoms with Crippen LogP contribution in [0, 0.1) is 10.1 Å². The van der Waals surface area contributed by atoms with Crippen LogP contribution < -0.4 is 14.4 Å². The fraction of sp³-hybridized carbons (Fsp3) is 0.129. The molecule has 0 spiro atoms. The Morgan fingerprint density at radius 1 is 0.953 bits per heavy atom. The van der Waals surface area contributed by atoms with Gasteiger partial charge in [-0.2, -0.15) is 0 Å². The lowest BCUT2D eigenvalue weighted by Gasteiger charge is -2.15. The average Bonchev–Trinajstić information content (AvgIpc) is 3.58. The molecule has 12 heteroatoms. The quantitative estimate of drug-likeness (QED) is 0.104. The number of fused-ring (bicyclic) bond motifs is 1. The van der Waals surface area contributed by atoms with E-state index in [1.165, 1.54) is 36.3 Å². The van der Waals surface area contributed by atoms with E-state index in [0.717, 1.165) is 0 Å². The molecule has 0 fully saturated rings. The monoisotopic (exact) mass is 579 g/mol. The van der Waals surface area contributed by atoms with Gasteiger partial charge in [0.25, 0.3) is 17.4 Å². The van der Waals surface area contributed by atoms with E-state index < -0.39 is 16.6 Å². The molecule has 0 radical (unpaired) electrons. The number of hydrogen-bond donors (Lipinski definition) is 0. The van der Waals surface area contributed by atoms with Gasteiger partial charge in [-0.1, -0.05) is 35.6 Å². The molecule has 1 aliphatic heterocycles. The number of ketones is 2. The maximum atomic E-state index is 12.4. The molecule has 3 aromatic carbocycles. The number of benzene rings is 3. The zero-order valence-corrected chi connectivity index (χ0v) is 23.0. The maximum Gasteiger partial charge on any atom is 0.299 e. The summed E-state index contributed by atoms with van der Waals surface area (Å²) in [6.07, 6.45) is 7.70. The van der Waals surface area contributed by atoms with Crippen LogP contribution in [0.2, 0.25) is 0 Å². The van der Waals surface area contributed by atoms with Crippen LogP contribution in [-0.4, -0.2) is 51.0 Å². The normalized spacial score (nSPS) is 12.7. The number of non-ortho nitro benzene ring substituents is 1. The number of Topliss-reactive ketones (excluding diaryl/α,β-unsaturated/α-hetero) is 1. The molecule has 0 atom stereocenters. The summed E-state index contributed by atoms with van der Waals surface area (Å²) in [4.78, 5) is 48.6. The lowest BCUT2D eigenvalue weighted by atomic mass is 10.1. The molecule has 0 bridgehead atoms. The van der Waals surface area contributed by atoms with Crippen LogP contribution in [0.5, 0.6) is 11.5 Å². The number of nitro groups is 1. The molecule has 0 unspecified atom stereocenters. The van der Waals surface area contributed by atoms with E-state index in [-0.39, 0.29) is 24.6 Å². The Bertz CT molecular complexity index is 1760. The number of para-hydroxylation sites is 1. The molecular weight excluding hydrogens is 554 g/mol. The van der Waals surface area contributed by atoms with E-state index in [2.05, 4.69) is 10.3 Å². The van der Waals surface area contributed by atoms with E-state index in [0.29, 0.717) is 46.1 Å². The van der Waals surface area contributed by atoms with Gasteiger partial charge < -0.3 is 14.4 Å². The summed E-state index contributed by atoms with van der Waals surface area (Å²) in [5.74, 6) is -0.401. The van der Waals surface area contributed by atoms with Crippen LogP contribution in [-0.2, 0) is 22.7 Å². The fourth-order valence-corrected chi connectivity index (χ4v) is 4.36. The summed E-state index contributed by atoms with van der Waals surface area (Å²) in [5, 5.41) is 19.0. The number of carbonyl (C=O) groups excluding carboxylic acids is 3. The Morgan fingerprint density at radius 3 is 2.42 bits per heavy atom. The van der Waals surface area contributed by atoms with E-state index in [1.807, 2.05) is 0 Å². The van der Waals surface area contributed by atoms with Gasteiger partial charge in [0.1, 0.15) is 12.3 Å². The number of hydrogen-bond acceptors (Lipinski definition) is 9. The number of nitrogens with zero attached hydrogens (tertiary/aromatic N) is 5. The van der Waals surface area contributed by atoms with E-state index in [9.17, 15) is 24.5 Å². The summed E-state index contributed by atoms with van der Waals surface area (Å²) in [6, 6.07) is 18.0. The number of anilines is 1. The summed E-state index contributed by atoms with van der Waals surface area (Å²) in [7, 11) is 1.51. The summed E-state index contributed by atoms with van der Waals surface area (Å²) in [5.41, 5.74) is 2.91. The minimum atomic E-state index is -0.557. The molecule has 2 heterocycles. The Kier molecular flexibility index (Phi) is 8.47. The minimum absolute atomic E-state index is 0.0193. The third-order valence-electron chi connectivity index (χ3n) is 6.56. The molecule has 12 nitrogen and oxygen atoms in total. The Labute approximate surface area is 245 Å². The van der Waals surface area contributed by atoms with Gasteiger partial charge in [0.05, 0.1) is 36.0 Å². The van der Waals surface area contributed by atoms with Crippen molar-refractivity contribution in [2.45, 2.75) is 13.2 Å². The first-order valence-corrected chi connectivity index (χ1v) is 13.1. The number of nitro benzene ring substituents is 1. The van der Waals surface area contributed by atoms with Gasteiger partial charge >= 0.3 is 0 Å². The van der Waals surface area contributed by atoms with Crippen molar-refractivity contribution in [3.8, 4) is 11.5 Å². The minimum Gasteiger partial charge on any atom is -0.493 e. The molecular formula is C31H25N5O7. The van der Waals surface area contributed by atoms with Crippen LogP contribution in [0.4, 0.5) is 11.4 Å². The van der Waals surface area contributed by atoms with E-state index in [1.54, 1.807) is 77.6 Å². The smallest absolute Gasteiger partial charge is 0.299 e. The molecule has 0 saturated heterocycles. The number of ether oxygens (including phenoxy) is 2. The van der Waals surface area contributed by atoms with Crippen molar-refractivity contribution in [2.24, 2.45) is 0 Å². The third kappa shape index (κ3) is 6.70. The average molecular weight is 580 g/mol. The Balaban J connectivity index is 1.14. The first-order valence-electron chi connectivity index (χ1n) is 13.1. The lowest BCUT2D eigenvalue weighted by Crippen LogP contribution is -2.32. The van der Waals surface area contributed by atoms with Gasteiger partial charge in [-0.3, -0.25) is 29.2 Å². The van der Waals surface area contributed by atoms with Gasteiger partial charge in [0.2, 0.25) is 0 Å². The van der Waals surface area contributed by atoms with Crippen molar-refractivity contribution in [2.75, 3.05) is 18.6 Å². The number of methoxy groups -OCH3 is 1. The standard InChI is InChI=1S/C31H25N5O7/c1-42-29-18-22(9-14-25(37)13-8-21-6-11-24(12-7-21)36(40)41)10-15-28(29)43-20-23-19-34(33-32-23)16-17-35-27-5-3-2-4-26(27)30(38)31(35)39/h2-15,18-19H,16-17,20H2,1H3/b13-8+,14-9+. The first-order chi connectivity index (χ1) is 20.8. The van der Waals surface area contributed by atoms with Crippen LogP contribution in [0.1, 0.15) is 27.2 Å². The lowest BCUT2D eigenvalue weighted by molar-refractivity contribution is -0.384. The van der Waals surface area contributed by atoms with Crippen LogP contribution in [0.25, 0.3) is 12.2 Å². The molecule has 1 amide bonds. The van der Waals surface area contributed by atoms with Crippen molar-refractivity contribution in [3.63, 3.8) is 0 Å². The summed E-state index contributed by atoms with van der Waals surface area (Å²) < 4.78 is 12.9. The SMILES string of the molecule is COc1cc(/C=C/C(=O)/C=C/c2ccc([N+](=O)[O-])cc2)ccc1OCc1cn(CCN2C(=O)C(=O)c3ccccc32)nn1. The molecule has 43 heavy (non-hydrogen) atoms. The second-order valence-corrected chi connectivity index (χ2v) is 9.39. The first kappa shape index (κ1) is 28.6. The molecule has 4 aromatic rings. The molecule has 0 N–H and O–H groups in total. The predicted molar refractivity (Wildman–Crippen MR) is 157 cm³/mol. The molecule has 216 valence electrons. The third-order valence-corrected chi connectivity index (χ3v) is 6.56. The zero-order chi connectivity index (χ0) is 30.3. The Hall–Kier alpha value is -5.91. The van der Waals surface area contributed by atoms with Crippen molar-refractivity contribution in [1.29, 1.82) is 0 Å². The van der Waals surface area contributed by atoms with Crippen LogP contribution in [0.15, 0.2) is 85.1 Å². The van der Waals surface area contributed by atoms with E-state index in [4.69, 9.17) is 9.47 Å². The molecule has 5 rings (SSSR count). The second kappa shape index (κ2) is 12.7. The number of rotatable bonds is 12. The highest BCUT2D eigenvalue weighted by Crippen LogP contribution is 2.30. The number of aromatic nitrogens is 3. The van der Waals surface area contributed by atoms with Gasteiger partial charge in [0, 0.05) is 18.7 Å². The number of allylic oxidation sites excluding steroid dienone is 2.